The first-order valence-corrected chi connectivity index (χ1v) is 5.06. The first-order chi connectivity index (χ1) is 7.42. The van der Waals surface area contributed by atoms with E-state index >= 15 is 0 Å². The predicted molar refractivity (Wildman–Crippen MR) is 70.2 cm³/mol. The van der Waals surface area contributed by atoms with Crippen LogP contribution in [0, 0.1) is 0 Å². The fourth-order valence-electron chi connectivity index (χ4n) is 1.79. The van der Waals surface area contributed by atoms with Crippen LogP contribution in [0.25, 0.3) is 5.65 Å². The van der Waals surface area contributed by atoms with E-state index < -0.39 is 0 Å². The standard InChI is InChI=1S/C9H12N6.2ClH/c1-2-9-13-11-6-15(9)14-8(1)12-7-3-4-10-5-7;;/h1-2,6-7,10H,3-5H2,(H,12,14);2*1H. The molecule has 3 rings (SSSR count). The molecule has 17 heavy (non-hydrogen) atoms. The van der Waals surface area contributed by atoms with E-state index in [-0.39, 0.29) is 24.8 Å². The molecule has 2 aromatic rings. The summed E-state index contributed by atoms with van der Waals surface area (Å²) in [6, 6.07) is 4.32. The van der Waals surface area contributed by atoms with Crippen LogP contribution < -0.4 is 10.6 Å². The number of halogens is 2. The van der Waals surface area contributed by atoms with Crippen LogP contribution in [-0.2, 0) is 0 Å². The number of hydrogen-bond acceptors (Lipinski definition) is 5. The Bertz CT molecular complexity index is 467. The highest BCUT2D eigenvalue weighted by atomic mass is 35.5. The van der Waals surface area contributed by atoms with Crippen LogP contribution in [0.1, 0.15) is 6.42 Å². The summed E-state index contributed by atoms with van der Waals surface area (Å²) in [5.74, 6) is 0.871. The molecule has 0 saturated carbocycles. The minimum atomic E-state index is 0. The van der Waals surface area contributed by atoms with Crippen molar-refractivity contribution in [1.82, 2.24) is 25.1 Å². The number of nitrogens with zero attached hydrogens (tertiary/aromatic N) is 4. The molecule has 1 aliphatic heterocycles. The number of anilines is 1. The highest BCUT2D eigenvalue weighted by molar-refractivity contribution is 5.85. The molecule has 8 heteroatoms. The predicted octanol–water partition coefficient (Wildman–Crippen LogP) is 0.742. The zero-order valence-electron chi connectivity index (χ0n) is 9.04. The second-order valence-corrected chi connectivity index (χ2v) is 3.69. The van der Waals surface area contributed by atoms with E-state index in [1.165, 1.54) is 0 Å². The smallest absolute Gasteiger partial charge is 0.177 e. The molecule has 0 aliphatic carbocycles. The lowest BCUT2D eigenvalue weighted by molar-refractivity contribution is 0.777. The van der Waals surface area contributed by atoms with Gasteiger partial charge < -0.3 is 10.6 Å². The van der Waals surface area contributed by atoms with E-state index in [1.807, 2.05) is 12.1 Å². The van der Waals surface area contributed by atoms with E-state index in [0.717, 1.165) is 31.0 Å². The molecule has 1 aliphatic rings. The lowest BCUT2D eigenvalue weighted by atomic mass is 10.2. The molecule has 1 saturated heterocycles. The summed E-state index contributed by atoms with van der Waals surface area (Å²) in [6.07, 6.45) is 2.75. The van der Waals surface area contributed by atoms with Gasteiger partial charge in [-0.05, 0) is 25.1 Å². The molecule has 0 spiro atoms. The lowest BCUT2D eigenvalue weighted by Gasteiger charge is -2.11. The third kappa shape index (κ3) is 2.96. The van der Waals surface area contributed by atoms with Gasteiger partial charge in [0.1, 0.15) is 12.1 Å². The third-order valence-electron chi connectivity index (χ3n) is 2.57. The van der Waals surface area contributed by atoms with Crippen LogP contribution in [0.5, 0.6) is 0 Å². The van der Waals surface area contributed by atoms with Crippen LogP contribution in [0.2, 0.25) is 0 Å². The number of aromatic nitrogens is 4. The fourth-order valence-corrected chi connectivity index (χ4v) is 1.79. The van der Waals surface area contributed by atoms with Gasteiger partial charge in [0.25, 0.3) is 0 Å². The molecule has 0 radical (unpaired) electrons. The Balaban J connectivity index is 0.000000722. The van der Waals surface area contributed by atoms with Crippen molar-refractivity contribution in [2.75, 3.05) is 18.4 Å². The van der Waals surface area contributed by atoms with Crippen molar-refractivity contribution >= 4 is 36.3 Å². The summed E-state index contributed by atoms with van der Waals surface area (Å²) in [4.78, 5) is 0. The third-order valence-corrected chi connectivity index (χ3v) is 2.57. The van der Waals surface area contributed by atoms with E-state index in [0.29, 0.717) is 6.04 Å². The molecule has 94 valence electrons. The molecule has 1 unspecified atom stereocenters. The quantitative estimate of drug-likeness (QED) is 0.847. The van der Waals surface area contributed by atoms with Crippen molar-refractivity contribution in [2.45, 2.75) is 12.5 Å². The van der Waals surface area contributed by atoms with Crippen LogP contribution >= 0.6 is 24.8 Å². The topological polar surface area (TPSA) is 67.1 Å². The molecule has 0 aromatic carbocycles. The van der Waals surface area contributed by atoms with Gasteiger partial charge in [-0.3, -0.25) is 0 Å². The molecule has 6 nitrogen and oxygen atoms in total. The summed E-state index contributed by atoms with van der Waals surface area (Å²) in [7, 11) is 0. The Morgan fingerprint density at radius 1 is 1.35 bits per heavy atom. The molecule has 0 bridgehead atoms. The van der Waals surface area contributed by atoms with Crippen molar-refractivity contribution in [1.29, 1.82) is 0 Å². The summed E-state index contributed by atoms with van der Waals surface area (Å²) in [5, 5.41) is 18.7. The summed E-state index contributed by atoms with van der Waals surface area (Å²) in [6.45, 7) is 2.08. The highest BCUT2D eigenvalue weighted by Crippen LogP contribution is 2.09. The maximum atomic E-state index is 4.35. The Kier molecular flexibility index (Phi) is 4.92. The number of nitrogens with one attached hydrogen (secondary N) is 2. The van der Waals surface area contributed by atoms with Gasteiger partial charge in [0, 0.05) is 12.6 Å². The SMILES string of the molecule is Cl.Cl.c1cc2nncn2nc1NC1CCNC1. The average Bonchev–Trinajstić information content (AvgIpc) is 2.87. The van der Waals surface area contributed by atoms with Crippen molar-refractivity contribution in [3.05, 3.63) is 18.5 Å². The Hall–Kier alpha value is -1.11. The van der Waals surface area contributed by atoms with Gasteiger partial charge in [-0.15, -0.1) is 40.1 Å². The van der Waals surface area contributed by atoms with Gasteiger partial charge in [0.15, 0.2) is 5.65 Å². The van der Waals surface area contributed by atoms with Crippen molar-refractivity contribution < 1.29 is 0 Å². The summed E-state index contributed by atoms with van der Waals surface area (Å²) >= 11 is 0. The van der Waals surface area contributed by atoms with Crippen LogP contribution in [0.15, 0.2) is 18.5 Å². The zero-order valence-corrected chi connectivity index (χ0v) is 10.7. The Morgan fingerprint density at radius 2 is 2.24 bits per heavy atom. The van der Waals surface area contributed by atoms with Gasteiger partial charge in [-0.2, -0.15) is 4.52 Å². The molecule has 1 atom stereocenters. The van der Waals surface area contributed by atoms with Gasteiger partial charge in [-0.25, -0.2) is 0 Å². The van der Waals surface area contributed by atoms with Crippen LogP contribution in [-0.4, -0.2) is 38.9 Å². The molecule has 1 fully saturated rings. The zero-order chi connectivity index (χ0) is 10.1. The Morgan fingerprint density at radius 3 is 3.00 bits per heavy atom. The number of fused-ring (bicyclic) bond motifs is 1. The largest absolute Gasteiger partial charge is 0.365 e. The van der Waals surface area contributed by atoms with E-state index in [1.54, 1.807) is 10.8 Å². The first kappa shape index (κ1) is 14.0. The van der Waals surface area contributed by atoms with Gasteiger partial charge in [0.2, 0.25) is 0 Å². The minimum Gasteiger partial charge on any atom is -0.365 e. The first-order valence-electron chi connectivity index (χ1n) is 5.06. The van der Waals surface area contributed by atoms with Gasteiger partial charge >= 0.3 is 0 Å². The minimum absolute atomic E-state index is 0. The van der Waals surface area contributed by atoms with Crippen molar-refractivity contribution in [2.24, 2.45) is 0 Å². The van der Waals surface area contributed by atoms with E-state index in [2.05, 4.69) is 25.9 Å². The summed E-state index contributed by atoms with van der Waals surface area (Å²) in [5.41, 5.74) is 0.769. The second kappa shape index (κ2) is 6.00. The second-order valence-electron chi connectivity index (χ2n) is 3.69. The van der Waals surface area contributed by atoms with Crippen LogP contribution in [0.3, 0.4) is 0 Å². The molecule has 2 aromatic heterocycles. The molecular formula is C9H14Cl2N6. The van der Waals surface area contributed by atoms with Crippen molar-refractivity contribution in [3.8, 4) is 0 Å². The molecular weight excluding hydrogens is 263 g/mol. The maximum absolute atomic E-state index is 4.35. The molecule has 0 amide bonds. The van der Waals surface area contributed by atoms with Crippen molar-refractivity contribution in [3.63, 3.8) is 0 Å². The molecule has 2 N–H and O–H groups in total. The highest BCUT2D eigenvalue weighted by Gasteiger charge is 2.14. The van der Waals surface area contributed by atoms with Gasteiger partial charge in [0.05, 0.1) is 0 Å². The number of rotatable bonds is 2. The van der Waals surface area contributed by atoms with E-state index in [9.17, 15) is 0 Å². The van der Waals surface area contributed by atoms with Crippen LogP contribution in [0.4, 0.5) is 5.82 Å². The normalized spacial score (nSPS) is 18.5. The van der Waals surface area contributed by atoms with E-state index in [4.69, 9.17) is 0 Å². The fraction of sp³-hybridized carbons (Fsp3) is 0.444. The van der Waals surface area contributed by atoms with Gasteiger partial charge in [-0.1, -0.05) is 0 Å². The average molecular weight is 277 g/mol. The lowest BCUT2D eigenvalue weighted by Crippen LogP contribution is -2.23. The molecule has 3 heterocycles. The maximum Gasteiger partial charge on any atom is 0.177 e. The number of hydrogen-bond donors (Lipinski definition) is 2. The monoisotopic (exact) mass is 276 g/mol. The summed E-state index contributed by atoms with van der Waals surface area (Å²) < 4.78 is 1.67. The Labute approximate surface area is 111 Å².